The lowest BCUT2D eigenvalue weighted by molar-refractivity contribution is -0.120. The fraction of sp³-hybridized carbons (Fsp3) is 0.348. The normalized spacial score (nSPS) is 12.5. The Bertz CT molecular complexity index is 985. The van der Waals surface area contributed by atoms with Crippen LogP contribution in [-0.4, -0.2) is 32.5 Å². The minimum absolute atomic E-state index is 0.0662. The second-order valence-corrected chi connectivity index (χ2v) is 9.40. The number of aromatic nitrogens is 3. The largest absolute Gasteiger partial charge is 0.467 e. The summed E-state index contributed by atoms with van der Waals surface area (Å²) in [7, 11) is 0. The maximum atomic E-state index is 12.3. The summed E-state index contributed by atoms with van der Waals surface area (Å²) in [5, 5.41) is 12.0. The summed E-state index contributed by atoms with van der Waals surface area (Å²) in [6.45, 7) is 13.0. The van der Waals surface area contributed by atoms with Crippen molar-refractivity contribution in [1.29, 1.82) is 0 Å². The number of carbonyl (C=O) groups is 1. The number of furan rings is 1. The van der Waals surface area contributed by atoms with Crippen LogP contribution in [0.15, 0.2) is 64.9 Å². The number of nitrogens with zero attached hydrogens (tertiary/aromatic N) is 3. The van der Waals surface area contributed by atoms with E-state index < -0.39 is 0 Å². The number of rotatable bonds is 8. The number of amides is 1. The second-order valence-electron chi connectivity index (χ2n) is 8.09. The smallest absolute Gasteiger partial charge is 0.233 e. The maximum absolute atomic E-state index is 12.3. The van der Waals surface area contributed by atoms with Crippen LogP contribution in [0.3, 0.4) is 0 Å². The number of nitrogens with one attached hydrogen (secondary N) is 1. The van der Waals surface area contributed by atoms with Crippen molar-refractivity contribution in [3.8, 4) is 11.4 Å². The van der Waals surface area contributed by atoms with Gasteiger partial charge in [-0.25, -0.2) is 0 Å². The molecule has 1 N–H and O–H groups in total. The fourth-order valence-corrected chi connectivity index (χ4v) is 3.81. The van der Waals surface area contributed by atoms with Crippen LogP contribution in [-0.2, 0) is 16.8 Å². The molecular weight excluding hydrogens is 396 g/mol. The van der Waals surface area contributed by atoms with Crippen molar-refractivity contribution in [2.24, 2.45) is 0 Å². The van der Waals surface area contributed by atoms with Crippen LogP contribution >= 0.6 is 11.8 Å². The van der Waals surface area contributed by atoms with Crippen molar-refractivity contribution >= 4 is 17.7 Å². The van der Waals surface area contributed by atoms with Crippen LogP contribution in [0.1, 0.15) is 39.0 Å². The van der Waals surface area contributed by atoms with Gasteiger partial charge < -0.3 is 9.73 Å². The molecule has 6 nitrogen and oxygen atoms in total. The lowest BCUT2D eigenvalue weighted by Crippen LogP contribution is -2.31. The highest BCUT2D eigenvalue weighted by Gasteiger charge is 2.22. The molecule has 0 aliphatic heterocycles. The molecule has 158 valence electrons. The highest BCUT2D eigenvalue weighted by molar-refractivity contribution is 8.00. The number of hydrogen-bond donors (Lipinski definition) is 1. The Labute approximate surface area is 181 Å². The molecule has 2 aromatic heterocycles. The van der Waals surface area contributed by atoms with Gasteiger partial charge in [-0.05, 0) is 30.0 Å². The summed E-state index contributed by atoms with van der Waals surface area (Å²) < 4.78 is 7.54. The SMILES string of the molecule is C=CCNC(=O)[C@@H](C)Sc1nnc(-c2ccc(C(C)(C)C)cc2)n1Cc1ccco1. The molecule has 1 aromatic carbocycles. The predicted molar refractivity (Wildman–Crippen MR) is 120 cm³/mol. The maximum Gasteiger partial charge on any atom is 0.233 e. The van der Waals surface area contributed by atoms with Gasteiger partial charge in [0.05, 0.1) is 18.1 Å². The van der Waals surface area contributed by atoms with Gasteiger partial charge in [-0.2, -0.15) is 0 Å². The molecule has 7 heteroatoms. The summed E-state index contributed by atoms with van der Waals surface area (Å²) in [5.74, 6) is 1.48. The van der Waals surface area contributed by atoms with Crippen LogP contribution in [0, 0.1) is 0 Å². The third-order valence-corrected chi connectivity index (χ3v) is 5.77. The van der Waals surface area contributed by atoms with Gasteiger partial charge in [0.2, 0.25) is 5.91 Å². The molecule has 0 spiro atoms. The van der Waals surface area contributed by atoms with E-state index in [4.69, 9.17) is 4.42 Å². The standard InChI is InChI=1S/C23H28N4O2S/c1-6-13-24-21(28)16(2)30-22-26-25-20(27(22)15-19-8-7-14-29-19)17-9-11-18(12-10-17)23(3,4)5/h6-12,14,16H,1,13,15H2,2-5H3,(H,24,28)/t16-/m1/s1. The summed E-state index contributed by atoms with van der Waals surface area (Å²) >= 11 is 1.37. The molecule has 0 fully saturated rings. The molecule has 0 saturated carbocycles. The van der Waals surface area contributed by atoms with E-state index in [1.807, 2.05) is 23.6 Å². The molecule has 30 heavy (non-hydrogen) atoms. The van der Waals surface area contributed by atoms with Gasteiger partial charge in [-0.1, -0.05) is 62.9 Å². The number of hydrogen-bond acceptors (Lipinski definition) is 5. The zero-order valence-corrected chi connectivity index (χ0v) is 18.7. The van der Waals surface area contributed by atoms with Crippen molar-refractivity contribution < 1.29 is 9.21 Å². The molecule has 0 unspecified atom stereocenters. The lowest BCUT2D eigenvalue weighted by atomic mass is 9.87. The van der Waals surface area contributed by atoms with E-state index in [0.29, 0.717) is 18.2 Å². The highest BCUT2D eigenvalue weighted by atomic mass is 32.2. The Morgan fingerprint density at radius 3 is 2.60 bits per heavy atom. The van der Waals surface area contributed by atoms with Crippen molar-refractivity contribution in [3.05, 3.63) is 66.6 Å². The first kappa shape index (κ1) is 21.9. The van der Waals surface area contributed by atoms with Crippen LogP contribution < -0.4 is 5.32 Å². The zero-order valence-electron chi connectivity index (χ0n) is 17.9. The first-order valence-corrected chi connectivity index (χ1v) is 10.8. The first-order valence-electron chi connectivity index (χ1n) is 9.91. The Balaban J connectivity index is 1.91. The molecule has 0 bridgehead atoms. The zero-order chi connectivity index (χ0) is 21.7. The molecular formula is C23H28N4O2S. The Kier molecular flexibility index (Phi) is 6.82. The molecule has 0 aliphatic carbocycles. The molecule has 1 atom stereocenters. The van der Waals surface area contributed by atoms with E-state index in [0.717, 1.165) is 17.1 Å². The average molecular weight is 425 g/mol. The van der Waals surface area contributed by atoms with E-state index in [1.165, 1.54) is 17.3 Å². The van der Waals surface area contributed by atoms with Gasteiger partial charge in [0, 0.05) is 12.1 Å². The molecule has 1 amide bonds. The van der Waals surface area contributed by atoms with Gasteiger partial charge in [0.1, 0.15) is 5.76 Å². The highest BCUT2D eigenvalue weighted by Crippen LogP contribution is 2.30. The van der Waals surface area contributed by atoms with Crippen LogP contribution in [0.4, 0.5) is 0 Å². The van der Waals surface area contributed by atoms with Gasteiger partial charge in [-0.15, -0.1) is 16.8 Å². The quantitative estimate of drug-likeness (QED) is 0.420. The van der Waals surface area contributed by atoms with Crippen LogP contribution in [0.25, 0.3) is 11.4 Å². The summed E-state index contributed by atoms with van der Waals surface area (Å²) in [5.41, 5.74) is 2.30. The minimum atomic E-state index is -0.319. The topological polar surface area (TPSA) is 73.0 Å². The summed E-state index contributed by atoms with van der Waals surface area (Å²) in [6.07, 6.45) is 3.31. The molecule has 0 radical (unpaired) electrons. The number of thioether (sulfide) groups is 1. The van der Waals surface area contributed by atoms with Crippen molar-refractivity contribution in [1.82, 2.24) is 20.1 Å². The summed E-state index contributed by atoms with van der Waals surface area (Å²) in [4.78, 5) is 12.3. The molecule has 3 rings (SSSR count). The Morgan fingerprint density at radius 1 is 1.27 bits per heavy atom. The number of benzene rings is 1. The van der Waals surface area contributed by atoms with E-state index in [1.54, 1.807) is 12.3 Å². The van der Waals surface area contributed by atoms with E-state index in [2.05, 4.69) is 67.1 Å². The van der Waals surface area contributed by atoms with Gasteiger partial charge in [0.15, 0.2) is 11.0 Å². The third kappa shape index (κ3) is 5.21. The Morgan fingerprint density at radius 2 is 2.00 bits per heavy atom. The molecule has 2 heterocycles. The van der Waals surface area contributed by atoms with Crippen LogP contribution in [0.5, 0.6) is 0 Å². The Hall–Kier alpha value is -2.80. The van der Waals surface area contributed by atoms with E-state index in [-0.39, 0.29) is 16.6 Å². The second kappa shape index (κ2) is 9.34. The average Bonchev–Trinajstić information content (AvgIpc) is 3.36. The van der Waals surface area contributed by atoms with Gasteiger partial charge in [-0.3, -0.25) is 9.36 Å². The first-order chi connectivity index (χ1) is 14.3. The van der Waals surface area contributed by atoms with Crippen molar-refractivity contribution in [3.63, 3.8) is 0 Å². The molecule has 3 aromatic rings. The van der Waals surface area contributed by atoms with Gasteiger partial charge in [0.25, 0.3) is 0 Å². The molecule has 0 aliphatic rings. The fourth-order valence-electron chi connectivity index (χ4n) is 2.94. The van der Waals surface area contributed by atoms with E-state index >= 15 is 0 Å². The van der Waals surface area contributed by atoms with Gasteiger partial charge >= 0.3 is 0 Å². The number of carbonyl (C=O) groups excluding carboxylic acids is 1. The van der Waals surface area contributed by atoms with Crippen LogP contribution in [0.2, 0.25) is 0 Å². The monoisotopic (exact) mass is 424 g/mol. The molecule has 0 saturated heterocycles. The minimum Gasteiger partial charge on any atom is -0.467 e. The van der Waals surface area contributed by atoms with Crippen molar-refractivity contribution in [2.45, 2.75) is 50.1 Å². The third-order valence-electron chi connectivity index (χ3n) is 4.69. The predicted octanol–water partition coefficient (Wildman–Crippen LogP) is 4.67. The van der Waals surface area contributed by atoms with E-state index in [9.17, 15) is 4.79 Å². The summed E-state index contributed by atoms with van der Waals surface area (Å²) in [6, 6.07) is 12.2. The lowest BCUT2D eigenvalue weighted by Gasteiger charge is -2.19. The van der Waals surface area contributed by atoms with Crippen molar-refractivity contribution in [2.75, 3.05) is 6.54 Å².